The van der Waals surface area contributed by atoms with Gasteiger partial charge >= 0.3 is 0 Å². The maximum atomic E-state index is 10.0. The van der Waals surface area contributed by atoms with Gasteiger partial charge in [-0.05, 0) is 26.2 Å². The first-order chi connectivity index (χ1) is 13.2. The molecule has 0 saturated heterocycles. The van der Waals surface area contributed by atoms with Crippen LogP contribution >= 0.6 is 0 Å². The van der Waals surface area contributed by atoms with Gasteiger partial charge in [0.05, 0.1) is 0 Å². The Labute approximate surface area is 167 Å². The van der Waals surface area contributed by atoms with Crippen LogP contribution in [0.3, 0.4) is 0 Å². The maximum Gasteiger partial charge on any atom is 0.197 e. The van der Waals surface area contributed by atoms with E-state index < -0.39 is 0 Å². The fourth-order valence-electron chi connectivity index (χ4n) is 3.65. The number of unbranched alkanes of at least 4 members (excludes halogenated alkanes) is 13. The molecule has 3 nitrogen and oxygen atoms in total. The molecule has 1 aromatic rings. The van der Waals surface area contributed by atoms with Crippen molar-refractivity contribution in [3.05, 3.63) is 23.8 Å². The van der Waals surface area contributed by atoms with Crippen molar-refractivity contribution in [2.45, 2.75) is 117 Å². The zero-order valence-electron chi connectivity index (χ0n) is 17.9. The number of rotatable bonds is 17. The molecule has 2 N–H and O–H groups in total. The second-order valence-corrected chi connectivity index (χ2v) is 7.80. The molecular formula is C24H43NO2. The molecule has 156 valence electrons. The van der Waals surface area contributed by atoms with Gasteiger partial charge in [-0.1, -0.05) is 96.1 Å². The van der Waals surface area contributed by atoms with Gasteiger partial charge < -0.3 is 10.2 Å². The number of hydrogen-bond acceptors (Lipinski definition) is 2. The minimum atomic E-state index is 0.148. The zero-order chi connectivity index (χ0) is 19.7. The minimum Gasteiger partial charge on any atom is -0.494 e. The fraction of sp³-hybridized carbons (Fsp3) is 0.750. The lowest BCUT2D eigenvalue weighted by Gasteiger charge is -2.02. The summed E-state index contributed by atoms with van der Waals surface area (Å²) in [5, 5.41) is 19.7. The second kappa shape index (κ2) is 15.7. The van der Waals surface area contributed by atoms with E-state index in [9.17, 15) is 10.2 Å². The monoisotopic (exact) mass is 377 g/mol. The van der Waals surface area contributed by atoms with Gasteiger partial charge in [-0.15, -0.1) is 0 Å². The molecule has 3 heteroatoms. The summed E-state index contributed by atoms with van der Waals surface area (Å²) < 4.78 is 1.52. The summed E-state index contributed by atoms with van der Waals surface area (Å²) in [5.74, 6) is 0.343. The molecule has 0 radical (unpaired) electrons. The van der Waals surface area contributed by atoms with Crippen LogP contribution in [-0.2, 0) is 13.0 Å². The number of allylic oxidation sites excluding steroid dienone is 2. The van der Waals surface area contributed by atoms with Gasteiger partial charge in [0.15, 0.2) is 11.8 Å². The average molecular weight is 378 g/mol. The molecule has 27 heavy (non-hydrogen) atoms. The summed E-state index contributed by atoms with van der Waals surface area (Å²) in [7, 11) is 0. The highest BCUT2D eigenvalue weighted by atomic mass is 16.3. The fourth-order valence-corrected chi connectivity index (χ4v) is 3.65. The molecule has 0 unspecified atom stereocenters. The lowest BCUT2D eigenvalue weighted by atomic mass is 10.0. The normalized spacial score (nSPS) is 11.6. The molecular weight excluding hydrogens is 334 g/mol. The van der Waals surface area contributed by atoms with Gasteiger partial charge in [-0.25, -0.2) is 0 Å². The molecule has 0 saturated carbocycles. The molecule has 0 fully saturated rings. The zero-order valence-corrected chi connectivity index (χ0v) is 17.9. The van der Waals surface area contributed by atoms with E-state index >= 15 is 0 Å². The van der Waals surface area contributed by atoms with Crippen molar-refractivity contribution in [2.75, 3.05) is 0 Å². The topological polar surface area (TPSA) is 45.4 Å². The Balaban J connectivity index is 1.91. The quantitative estimate of drug-likeness (QED) is 0.218. The first kappa shape index (κ1) is 23.7. The SMILES string of the molecule is CCCCCCCCCCCCCCCC=CCc1cc(O)n(CC)c1O. The van der Waals surface area contributed by atoms with Crippen molar-refractivity contribution in [3.63, 3.8) is 0 Å². The summed E-state index contributed by atoms with van der Waals surface area (Å²) in [5.41, 5.74) is 0.802. The Bertz CT molecular complexity index is 505. The van der Waals surface area contributed by atoms with Gasteiger partial charge in [-0.2, -0.15) is 0 Å². The van der Waals surface area contributed by atoms with Crippen LogP contribution in [0.2, 0.25) is 0 Å². The first-order valence-electron chi connectivity index (χ1n) is 11.5. The molecule has 0 aliphatic rings. The van der Waals surface area contributed by atoms with E-state index in [1.807, 2.05) is 6.92 Å². The molecule has 0 aromatic carbocycles. The Kier molecular flexibility index (Phi) is 13.7. The van der Waals surface area contributed by atoms with Crippen LogP contribution in [0.25, 0.3) is 0 Å². The lowest BCUT2D eigenvalue weighted by molar-refractivity contribution is 0.372. The van der Waals surface area contributed by atoms with Crippen LogP contribution in [0, 0.1) is 0 Å². The summed E-state index contributed by atoms with van der Waals surface area (Å²) in [6.45, 7) is 4.77. The van der Waals surface area contributed by atoms with Crippen LogP contribution in [0.15, 0.2) is 18.2 Å². The van der Waals surface area contributed by atoms with Crippen molar-refractivity contribution >= 4 is 0 Å². The third kappa shape index (κ3) is 10.5. The third-order valence-corrected chi connectivity index (χ3v) is 5.42. The first-order valence-corrected chi connectivity index (χ1v) is 11.5. The van der Waals surface area contributed by atoms with Crippen LogP contribution in [0.4, 0.5) is 0 Å². The van der Waals surface area contributed by atoms with Crippen molar-refractivity contribution in [1.82, 2.24) is 4.57 Å². The standard InChI is InChI=1S/C24H43NO2/c1-3-5-6-7-8-9-10-11-12-13-14-15-16-17-18-19-20-22-21-23(26)25(4-2)24(22)27/h18-19,21,26-27H,3-17,20H2,1-2H3. The summed E-state index contributed by atoms with van der Waals surface area (Å²) in [6, 6.07) is 1.66. The van der Waals surface area contributed by atoms with Gasteiger partial charge in [0, 0.05) is 18.2 Å². The Hall–Kier alpha value is -1.38. The van der Waals surface area contributed by atoms with Crippen molar-refractivity contribution < 1.29 is 10.2 Å². The number of aromatic hydroxyl groups is 2. The maximum absolute atomic E-state index is 10.0. The molecule has 1 aromatic heterocycles. The van der Waals surface area contributed by atoms with Crippen LogP contribution in [0.1, 0.15) is 109 Å². The Morgan fingerprint density at radius 3 is 1.74 bits per heavy atom. The van der Waals surface area contributed by atoms with Gasteiger partial charge in [0.25, 0.3) is 0 Å². The number of hydrogen-bond donors (Lipinski definition) is 2. The van der Waals surface area contributed by atoms with E-state index in [2.05, 4.69) is 19.1 Å². The highest BCUT2D eigenvalue weighted by Gasteiger charge is 2.10. The van der Waals surface area contributed by atoms with E-state index in [4.69, 9.17) is 0 Å². The van der Waals surface area contributed by atoms with Gasteiger partial charge in [0.2, 0.25) is 0 Å². The molecule has 0 amide bonds. The molecule has 0 spiro atoms. The van der Waals surface area contributed by atoms with Gasteiger partial charge in [0.1, 0.15) is 0 Å². The van der Waals surface area contributed by atoms with E-state index in [-0.39, 0.29) is 11.8 Å². The average Bonchev–Trinajstić information content (AvgIpc) is 2.94. The number of nitrogens with zero attached hydrogens (tertiary/aromatic N) is 1. The largest absolute Gasteiger partial charge is 0.494 e. The molecule has 0 aliphatic heterocycles. The summed E-state index contributed by atoms with van der Waals surface area (Å²) in [4.78, 5) is 0. The molecule has 0 atom stereocenters. The van der Waals surface area contributed by atoms with E-state index in [1.165, 1.54) is 88.0 Å². The molecule has 0 aliphatic carbocycles. The third-order valence-electron chi connectivity index (χ3n) is 5.42. The highest BCUT2D eigenvalue weighted by Crippen LogP contribution is 2.27. The predicted octanol–water partition coefficient (Wildman–Crippen LogP) is 7.50. The smallest absolute Gasteiger partial charge is 0.197 e. The highest BCUT2D eigenvalue weighted by molar-refractivity contribution is 5.36. The number of aromatic nitrogens is 1. The lowest BCUT2D eigenvalue weighted by Crippen LogP contribution is -1.92. The molecule has 0 bridgehead atoms. The van der Waals surface area contributed by atoms with E-state index in [1.54, 1.807) is 6.07 Å². The van der Waals surface area contributed by atoms with Crippen molar-refractivity contribution in [2.24, 2.45) is 0 Å². The molecule has 1 heterocycles. The van der Waals surface area contributed by atoms with Crippen LogP contribution in [0.5, 0.6) is 11.8 Å². The minimum absolute atomic E-state index is 0.148. The predicted molar refractivity (Wildman–Crippen MR) is 117 cm³/mol. The van der Waals surface area contributed by atoms with Crippen LogP contribution < -0.4 is 0 Å². The summed E-state index contributed by atoms with van der Waals surface area (Å²) in [6.07, 6.45) is 24.2. The Morgan fingerprint density at radius 2 is 1.26 bits per heavy atom. The molecule has 1 rings (SSSR count). The van der Waals surface area contributed by atoms with Gasteiger partial charge in [-0.3, -0.25) is 4.57 Å². The van der Waals surface area contributed by atoms with E-state index in [0.717, 1.165) is 12.0 Å². The van der Waals surface area contributed by atoms with E-state index in [0.29, 0.717) is 13.0 Å². The summed E-state index contributed by atoms with van der Waals surface area (Å²) >= 11 is 0. The second-order valence-electron chi connectivity index (χ2n) is 7.80. The van der Waals surface area contributed by atoms with Crippen LogP contribution in [-0.4, -0.2) is 14.8 Å². The Morgan fingerprint density at radius 1 is 0.741 bits per heavy atom. The van der Waals surface area contributed by atoms with Crippen molar-refractivity contribution in [3.8, 4) is 11.8 Å². The van der Waals surface area contributed by atoms with Crippen molar-refractivity contribution in [1.29, 1.82) is 0 Å².